The molecule has 4 nitrogen and oxygen atoms in total. The Morgan fingerprint density at radius 2 is 1.90 bits per heavy atom. The van der Waals surface area contributed by atoms with Gasteiger partial charge in [-0.05, 0) is 37.6 Å². The second kappa shape index (κ2) is 5.28. The van der Waals surface area contributed by atoms with E-state index >= 15 is 0 Å². The fourth-order valence-corrected chi connectivity index (χ4v) is 2.08. The van der Waals surface area contributed by atoms with Crippen molar-refractivity contribution in [2.45, 2.75) is 13.8 Å². The Morgan fingerprint density at radius 3 is 2.50 bits per heavy atom. The maximum Gasteiger partial charge on any atom is 0.343 e. The van der Waals surface area contributed by atoms with E-state index in [-0.39, 0.29) is 11.3 Å². The molecule has 0 N–H and O–H groups in total. The van der Waals surface area contributed by atoms with Crippen LogP contribution in [0.2, 0.25) is 0 Å². The number of carbonyl (C=O) groups excluding carboxylic acids is 1. The van der Waals surface area contributed by atoms with Gasteiger partial charge in [0.2, 0.25) is 0 Å². The third kappa shape index (κ3) is 2.22. The number of pyridine rings is 1. The molecule has 0 aliphatic heterocycles. The van der Waals surface area contributed by atoms with E-state index in [9.17, 15) is 14.0 Å². The molecule has 0 bridgehead atoms. The summed E-state index contributed by atoms with van der Waals surface area (Å²) in [6, 6.07) is 7.52. The zero-order valence-electron chi connectivity index (χ0n) is 11.4. The predicted octanol–water partition coefficient (Wildman–Crippen LogP) is 2.38. The molecule has 0 radical (unpaired) electrons. The van der Waals surface area contributed by atoms with Crippen molar-refractivity contribution < 1.29 is 13.9 Å². The number of para-hydroxylation sites is 1. The number of hydrogen-bond donors (Lipinski definition) is 0. The number of nitrogens with zero attached hydrogens (tertiary/aromatic N) is 1. The second-order valence-corrected chi connectivity index (χ2v) is 4.43. The highest BCUT2D eigenvalue weighted by molar-refractivity contribution is 5.89. The Morgan fingerprint density at radius 1 is 1.20 bits per heavy atom. The van der Waals surface area contributed by atoms with Crippen LogP contribution in [0.5, 0.6) is 0 Å². The smallest absolute Gasteiger partial charge is 0.343 e. The zero-order chi connectivity index (χ0) is 14.9. The quantitative estimate of drug-likeness (QED) is 0.791. The summed E-state index contributed by atoms with van der Waals surface area (Å²) < 4.78 is 19.8. The van der Waals surface area contributed by atoms with E-state index in [1.807, 2.05) is 0 Å². The molecule has 1 aromatic heterocycles. The highest BCUT2D eigenvalue weighted by Gasteiger charge is 2.18. The molecule has 1 heterocycles. The first kappa shape index (κ1) is 14.0. The van der Waals surface area contributed by atoms with Crippen molar-refractivity contribution in [3.05, 3.63) is 63.3 Å². The van der Waals surface area contributed by atoms with E-state index in [4.69, 9.17) is 0 Å². The van der Waals surface area contributed by atoms with Gasteiger partial charge in [0.1, 0.15) is 11.4 Å². The van der Waals surface area contributed by atoms with Gasteiger partial charge in [0.25, 0.3) is 5.56 Å². The molecule has 0 saturated carbocycles. The van der Waals surface area contributed by atoms with Gasteiger partial charge in [-0.2, -0.15) is 0 Å². The summed E-state index contributed by atoms with van der Waals surface area (Å²) in [5, 5.41) is 0. The largest absolute Gasteiger partial charge is 0.465 e. The summed E-state index contributed by atoms with van der Waals surface area (Å²) in [6.45, 7) is 3.38. The Labute approximate surface area is 115 Å². The molecule has 0 unspecified atom stereocenters. The van der Waals surface area contributed by atoms with Crippen LogP contribution in [0.15, 0.2) is 35.1 Å². The van der Waals surface area contributed by atoms with Crippen LogP contribution in [0.1, 0.15) is 21.6 Å². The number of carbonyl (C=O) groups is 1. The molecule has 0 saturated heterocycles. The number of hydrogen-bond acceptors (Lipinski definition) is 3. The monoisotopic (exact) mass is 275 g/mol. The van der Waals surface area contributed by atoms with E-state index in [0.29, 0.717) is 11.3 Å². The van der Waals surface area contributed by atoms with Crippen LogP contribution < -0.4 is 5.56 Å². The van der Waals surface area contributed by atoms with Crippen LogP contribution >= 0.6 is 0 Å². The second-order valence-electron chi connectivity index (χ2n) is 4.43. The van der Waals surface area contributed by atoms with Crippen LogP contribution in [-0.2, 0) is 4.74 Å². The van der Waals surface area contributed by atoms with Crippen molar-refractivity contribution in [2.75, 3.05) is 7.11 Å². The molecule has 0 aliphatic rings. The minimum atomic E-state index is -0.738. The molecule has 0 aliphatic carbocycles. The summed E-state index contributed by atoms with van der Waals surface area (Å²) in [5.41, 5.74) is 0.583. The van der Waals surface area contributed by atoms with E-state index in [1.165, 1.54) is 23.8 Å². The Bertz CT molecular complexity index is 714. The molecule has 104 valence electrons. The van der Waals surface area contributed by atoms with Gasteiger partial charge < -0.3 is 4.74 Å². The Balaban J connectivity index is 2.81. The van der Waals surface area contributed by atoms with Crippen LogP contribution in [0.4, 0.5) is 4.39 Å². The lowest BCUT2D eigenvalue weighted by atomic mass is 10.1. The lowest BCUT2D eigenvalue weighted by Gasteiger charge is -2.14. The minimum absolute atomic E-state index is 0.124. The zero-order valence-corrected chi connectivity index (χ0v) is 11.4. The average Bonchev–Trinajstić information content (AvgIpc) is 2.41. The number of halogens is 1. The molecule has 0 fully saturated rings. The van der Waals surface area contributed by atoms with Gasteiger partial charge in [-0.25, -0.2) is 9.18 Å². The molecule has 0 atom stereocenters. The van der Waals surface area contributed by atoms with E-state index < -0.39 is 17.3 Å². The maximum atomic E-state index is 14.0. The lowest BCUT2D eigenvalue weighted by Crippen LogP contribution is -2.28. The van der Waals surface area contributed by atoms with Crippen molar-refractivity contribution in [1.82, 2.24) is 4.57 Å². The standard InChI is InChI=1S/C15H14FNO3/c1-9-5-4-6-12(16)13(9)17-10(2)7-8-11(14(17)18)15(19)20-3/h4-8H,1-3H3. The number of rotatable bonds is 2. The summed E-state index contributed by atoms with van der Waals surface area (Å²) in [6.07, 6.45) is 0. The third-order valence-electron chi connectivity index (χ3n) is 3.09. The molecule has 5 heteroatoms. The normalized spacial score (nSPS) is 10.4. The van der Waals surface area contributed by atoms with Crippen LogP contribution in [-0.4, -0.2) is 17.6 Å². The maximum absolute atomic E-state index is 14.0. The highest BCUT2D eigenvalue weighted by atomic mass is 19.1. The first-order valence-corrected chi connectivity index (χ1v) is 6.04. The van der Waals surface area contributed by atoms with E-state index in [2.05, 4.69) is 4.74 Å². The SMILES string of the molecule is COC(=O)c1ccc(C)n(-c2c(C)cccc2F)c1=O. The molecular weight excluding hydrogens is 261 g/mol. The number of esters is 1. The lowest BCUT2D eigenvalue weighted by molar-refractivity contribution is 0.0598. The minimum Gasteiger partial charge on any atom is -0.465 e. The van der Waals surface area contributed by atoms with Crippen molar-refractivity contribution in [3.8, 4) is 5.69 Å². The number of aromatic nitrogens is 1. The Hall–Kier alpha value is -2.43. The van der Waals surface area contributed by atoms with Gasteiger partial charge in [0, 0.05) is 5.69 Å². The van der Waals surface area contributed by atoms with Gasteiger partial charge >= 0.3 is 5.97 Å². The fraction of sp³-hybridized carbons (Fsp3) is 0.200. The molecular formula is C15H14FNO3. The van der Waals surface area contributed by atoms with Gasteiger partial charge in [0.15, 0.2) is 0 Å². The molecule has 1 aromatic carbocycles. The molecule has 0 spiro atoms. The van der Waals surface area contributed by atoms with Gasteiger partial charge in [0.05, 0.1) is 12.8 Å². The molecule has 2 aromatic rings. The van der Waals surface area contributed by atoms with Gasteiger partial charge in [-0.3, -0.25) is 9.36 Å². The predicted molar refractivity (Wildman–Crippen MR) is 72.8 cm³/mol. The highest BCUT2D eigenvalue weighted by Crippen LogP contribution is 2.18. The van der Waals surface area contributed by atoms with E-state index in [0.717, 1.165) is 0 Å². The summed E-state index contributed by atoms with van der Waals surface area (Å²) >= 11 is 0. The first-order chi connectivity index (χ1) is 9.47. The molecule has 2 rings (SSSR count). The topological polar surface area (TPSA) is 48.3 Å². The number of ether oxygens (including phenoxy) is 1. The van der Waals surface area contributed by atoms with Gasteiger partial charge in [-0.15, -0.1) is 0 Å². The fourth-order valence-electron chi connectivity index (χ4n) is 2.08. The number of methoxy groups -OCH3 is 1. The van der Waals surface area contributed by atoms with Crippen molar-refractivity contribution in [2.24, 2.45) is 0 Å². The summed E-state index contributed by atoms with van der Waals surface area (Å²) in [5.74, 6) is -1.25. The van der Waals surface area contributed by atoms with Crippen molar-refractivity contribution in [1.29, 1.82) is 0 Å². The van der Waals surface area contributed by atoms with Crippen LogP contribution in [0.3, 0.4) is 0 Å². The molecule has 20 heavy (non-hydrogen) atoms. The average molecular weight is 275 g/mol. The first-order valence-electron chi connectivity index (χ1n) is 6.04. The summed E-state index contributed by atoms with van der Waals surface area (Å²) in [4.78, 5) is 24.0. The van der Waals surface area contributed by atoms with E-state index in [1.54, 1.807) is 32.0 Å². The van der Waals surface area contributed by atoms with Gasteiger partial charge in [-0.1, -0.05) is 12.1 Å². The number of benzene rings is 1. The van der Waals surface area contributed by atoms with Crippen LogP contribution in [0.25, 0.3) is 5.69 Å². The molecule has 0 amide bonds. The van der Waals surface area contributed by atoms with Crippen LogP contribution in [0, 0.1) is 19.7 Å². The third-order valence-corrected chi connectivity index (χ3v) is 3.09. The number of aryl methyl sites for hydroxylation is 2. The van der Waals surface area contributed by atoms with Crippen molar-refractivity contribution in [3.63, 3.8) is 0 Å². The Kier molecular flexibility index (Phi) is 3.70. The summed E-state index contributed by atoms with van der Waals surface area (Å²) in [7, 11) is 1.19. The van der Waals surface area contributed by atoms with Crippen molar-refractivity contribution >= 4 is 5.97 Å².